The van der Waals surface area contributed by atoms with Gasteiger partial charge in [0.1, 0.15) is 4.90 Å². The second-order valence-electron chi connectivity index (χ2n) is 8.60. The van der Waals surface area contributed by atoms with Crippen LogP contribution in [0.2, 0.25) is 0 Å². The van der Waals surface area contributed by atoms with E-state index >= 15 is 0 Å². The first kappa shape index (κ1) is 21.4. The normalized spacial score (nSPS) is 16.3. The molecule has 12 heteroatoms. The van der Waals surface area contributed by atoms with E-state index in [2.05, 4.69) is 4.98 Å². The molecule has 0 radical (unpaired) electrons. The number of carbonyl (C=O) groups is 1. The summed E-state index contributed by atoms with van der Waals surface area (Å²) in [5, 5.41) is 0. The fourth-order valence-electron chi connectivity index (χ4n) is 3.99. The van der Waals surface area contributed by atoms with E-state index in [1.165, 1.54) is 28.8 Å². The number of rotatable bonds is 7. The number of carbonyl (C=O) groups excluding carboxylic acids is 1. The number of anilines is 1. The number of hydrogen-bond donors (Lipinski definition) is 1. The van der Waals surface area contributed by atoms with Gasteiger partial charge in [0.15, 0.2) is 11.2 Å². The summed E-state index contributed by atoms with van der Waals surface area (Å²) < 4.78 is 35.2. The number of nitrogen functional groups attached to an aromatic ring is 1. The lowest BCUT2D eigenvalue weighted by atomic mass is 10.2. The Balaban J connectivity index is 1.81. The van der Waals surface area contributed by atoms with Crippen molar-refractivity contribution < 1.29 is 17.9 Å². The van der Waals surface area contributed by atoms with Crippen LogP contribution in [0.25, 0.3) is 11.2 Å². The summed E-state index contributed by atoms with van der Waals surface area (Å²) in [6.07, 6.45) is 3.69. The number of aromatic nitrogens is 4. The van der Waals surface area contributed by atoms with Crippen molar-refractivity contribution in [2.45, 2.75) is 43.7 Å². The van der Waals surface area contributed by atoms with E-state index in [0.29, 0.717) is 10.5 Å². The molecule has 2 saturated carbocycles. The molecule has 33 heavy (non-hydrogen) atoms. The molecule has 2 aromatic heterocycles. The van der Waals surface area contributed by atoms with Crippen LogP contribution < -0.4 is 17.0 Å². The molecule has 0 amide bonds. The largest absolute Gasteiger partial charge is 0.465 e. The van der Waals surface area contributed by atoms with Gasteiger partial charge in [-0.1, -0.05) is 12.1 Å². The molecule has 0 saturated heterocycles. The van der Waals surface area contributed by atoms with Crippen molar-refractivity contribution in [1.29, 1.82) is 0 Å². The number of nitrogens with two attached hydrogens (primary N) is 1. The van der Waals surface area contributed by atoms with Crippen LogP contribution in [0.1, 0.15) is 36.0 Å². The molecule has 174 valence electrons. The fourth-order valence-corrected chi connectivity index (χ4v) is 5.55. The Bertz CT molecular complexity index is 1510. The minimum absolute atomic E-state index is 0.0689. The Hall–Kier alpha value is -3.41. The Morgan fingerprint density at radius 3 is 2.30 bits per heavy atom. The molecule has 0 bridgehead atoms. The summed E-state index contributed by atoms with van der Waals surface area (Å²) in [5.41, 5.74) is 4.18. The highest BCUT2D eigenvalue weighted by Gasteiger charge is 2.34. The monoisotopic (exact) mass is 473 g/mol. The van der Waals surface area contributed by atoms with Crippen LogP contribution in [0.3, 0.4) is 0 Å². The maximum Gasteiger partial charge on any atom is 0.339 e. The van der Waals surface area contributed by atoms with Gasteiger partial charge >= 0.3 is 11.7 Å². The quantitative estimate of drug-likeness (QED) is 0.495. The first-order chi connectivity index (χ1) is 15.7. The van der Waals surface area contributed by atoms with Crippen molar-refractivity contribution in [3.63, 3.8) is 0 Å². The van der Waals surface area contributed by atoms with Gasteiger partial charge in [0.25, 0.3) is 15.6 Å². The molecule has 2 N–H and O–H groups in total. The average Bonchev–Trinajstić information content (AvgIpc) is 3.72. The smallest absolute Gasteiger partial charge is 0.339 e. The minimum Gasteiger partial charge on any atom is -0.465 e. The first-order valence-electron chi connectivity index (χ1n) is 10.7. The Morgan fingerprint density at radius 2 is 1.70 bits per heavy atom. The number of nitrogens with zero attached hydrogens (tertiary/aromatic N) is 4. The number of methoxy groups -OCH3 is 1. The Labute approximate surface area is 188 Å². The maximum atomic E-state index is 13.7. The van der Waals surface area contributed by atoms with Gasteiger partial charge in [0.05, 0.1) is 12.7 Å². The lowest BCUT2D eigenvalue weighted by Gasteiger charge is -2.13. The van der Waals surface area contributed by atoms with Gasteiger partial charge in [-0.3, -0.25) is 13.9 Å². The standard InChI is InChI=1S/C21H23N5O6S/c1-32-19(28)14-4-2-3-5-15(14)33(30,31)26-16-17(23-20(26)22)24(10-12-6-7-12)21(29)25(18(16)27)11-13-8-9-13/h2-5,12-13H,6-11H2,1H3,(H2,22,23). The van der Waals surface area contributed by atoms with E-state index in [1.807, 2.05) is 0 Å². The van der Waals surface area contributed by atoms with E-state index in [-0.39, 0.29) is 40.0 Å². The zero-order valence-electron chi connectivity index (χ0n) is 17.9. The summed E-state index contributed by atoms with van der Waals surface area (Å²) in [4.78, 5) is 42.6. The lowest BCUT2D eigenvalue weighted by Crippen LogP contribution is -2.41. The van der Waals surface area contributed by atoms with Crippen molar-refractivity contribution in [2.75, 3.05) is 12.8 Å². The van der Waals surface area contributed by atoms with Gasteiger partial charge in [-0.25, -0.2) is 18.0 Å². The summed E-state index contributed by atoms with van der Waals surface area (Å²) in [6.45, 7) is 0.539. The highest BCUT2D eigenvalue weighted by atomic mass is 32.2. The van der Waals surface area contributed by atoms with Crippen molar-refractivity contribution in [1.82, 2.24) is 18.1 Å². The molecular weight excluding hydrogens is 450 g/mol. The fraction of sp³-hybridized carbons (Fsp3) is 0.429. The van der Waals surface area contributed by atoms with Gasteiger partial charge in [0.2, 0.25) is 5.95 Å². The number of imidazole rings is 1. The number of esters is 1. The molecule has 3 aromatic rings. The SMILES string of the molecule is COC(=O)c1ccccc1S(=O)(=O)n1c(N)nc2c1c(=O)n(CC1CC1)c(=O)n2CC1CC1. The van der Waals surface area contributed by atoms with E-state index in [9.17, 15) is 22.8 Å². The molecule has 2 aliphatic carbocycles. The van der Waals surface area contributed by atoms with Crippen LogP contribution in [-0.2, 0) is 27.8 Å². The molecular formula is C21H23N5O6S. The number of fused-ring (bicyclic) bond motifs is 1. The molecule has 0 aliphatic heterocycles. The van der Waals surface area contributed by atoms with Gasteiger partial charge in [-0.05, 0) is 49.7 Å². The maximum absolute atomic E-state index is 13.7. The zero-order valence-corrected chi connectivity index (χ0v) is 18.7. The third-order valence-corrected chi connectivity index (χ3v) is 7.86. The van der Waals surface area contributed by atoms with E-state index < -0.39 is 33.2 Å². The predicted molar refractivity (Wildman–Crippen MR) is 118 cm³/mol. The van der Waals surface area contributed by atoms with Crippen LogP contribution in [-0.4, -0.2) is 39.6 Å². The molecule has 5 rings (SSSR count). The van der Waals surface area contributed by atoms with Crippen LogP contribution in [0.15, 0.2) is 38.8 Å². The van der Waals surface area contributed by atoms with Gasteiger partial charge in [-0.15, -0.1) is 0 Å². The molecule has 2 fully saturated rings. The van der Waals surface area contributed by atoms with E-state index in [1.54, 1.807) is 0 Å². The van der Waals surface area contributed by atoms with Gasteiger partial charge in [-0.2, -0.15) is 8.96 Å². The summed E-state index contributed by atoms with van der Waals surface area (Å²) in [6, 6.07) is 5.48. The van der Waals surface area contributed by atoms with Crippen LogP contribution in [0, 0.1) is 11.8 Å². The topological polar surface area (TPSA) is 148 Å². The third-order valence-electron chi connectivity index (χ3n) is 6.09. The summed E-state index contributed by atoms with van der Waals surface area (Å²) in [5.74, 6) is -0.850. The van der Waals surface area contributed by atoms with Crippen LogP contribution >= 0.6 is 0 Å². The third kappa shape index (κ3) is 3.54. The Kier molecular flexibility index (Phi) is 4.92. The first-order valence-corrected chi connectivity index (χ1v) is 12.1. The number of benzene rings is 1. The van der Waals surface area contributed by atoms with E-state index in [4.69, 9.17) is 10.5 Å². The second kappa shape index (κ2) is 7.58. The molecule has 2 heterocycles. The summed E-state index contributed by atoms with van der Waals surface area (Å²) in [7, 11) is -3.39. The molecule has 2 aliphatic rings. The van der Waals surface area contributed by atoms with Crippen LogP contribution in [0.4, 0.5) is 5.95 Å². The highest BCUT2D eigenvalue weighted by molar-refractivity contribution is 7.90. The van der Waals surface area contributed by atoms with Crippen molar-refractivity contribution in [2.24, 2.45) is 11.8 Å². The van der Waals surface area contributed by atoms with Crippen molar-refractivity contribution in [3.05, 3.63) is 50.7 Å². The highest BCUT2D eigenvalue weighted by Crippen LogP contribution is 2.32. The predicted octanol–water partition coefficient (Wildman–Crippen LogP) is 0.785. The zero-order chi connectivity index (χ0) is 23.5. The van der Waals surface area contributed by atoms with E-state index in [0.717, 1.165) is 37.4 Å². The average molecular weight is 474 g/mol. The Morgan fingerprint density at radius 1 is 1.09 bits per heavy atom. The van der Waals surface area contributed by atoms with Gasteiger partial charge < -0.3 is 10.5 Å². The van der Waals surface area contributed by atoms with Crippen LogP contribution in [0.5, 0.6) is 0 Å². The second-order valence-corrected chi connectivity index (χ2v) is 10.4. The molecule has 0 spiro atoms. The molecule has 0 unspecified atom stereocenters. The molecule has 0 atom stereocenters. The molecule has 1 aromatic carbocycles. The van der Waals surface area contributed by atoms with Gasteiger partial charge in [0, 0.05) is 13.1 Å². The minimum atomic E-state index is -4.53. The van der Waals surface area contributed by atoms with Crippen molar-refractivity contribution in [3.8, 4) is 0 Å². The van der Waals surface area contributed by atoms with Crippen molar-refractivity contribution >= 4 is 33.1 Å². The number of ether oxygens (including phenoxy) is 1. The number of hydrogen-bond acceptors (Lipinski definition) is 8. The lowest BCUT2D eigenvalue weighted by molar-refractivity contribution is 0.0596. The molecule has 11 nitrogen and oxygen atoms in total. The summed E-state index contributed by atoms with van der Waals surface area (Å²) >= 11 is 0.